The molecule has 0 saturated carbocycles. The Bertz CT molecular complexity index is 820. The number of benzene rings is 1. The summed E-state index contributed by atoms with van der Waals surface area (Å²) in [6.45, 7) is 4.39. The fourth-order valence-corrected chi connectivity index (χ4v) is 3.84. The van der Waals surface area contributed by atoms with Crippen LogP contribution in [0.2, 0.25) is 0 Å². The maximum Gasteiger partial charge on any atom is 0.265 e. The molecule has 0 bridgehead atoms. The maximum atomic E-state index is 12.2. The van der Waals surface area contributed by atoms with Crippen molar-refractivity contribution in [2.45, 2.75) is 26.2 Å². The number of guanidine groups is 1. The molecule has 0 saturated heterocycles. The SMILES string of the molecule is CCc1cnc(CCNC(=NC)NCCCN2C(=O)COc3ccccc32)s1. The molecule has 1 aromatic carbocycles. The van der Waals surface area contributed by atoms with Crippen molar-refractivity contribution in [1.82, 2.24) is 15.6 Å². The van der Waals surface area contributed by atoms with Gasteiger partial charge in [-0.05, 0) is 25.0 Å². The number of ether oxygens (including phenoxy) is 1. The molecule has 0 radical (unpaired) electrons. The lowest BCUT2D eigenvalue weighted by Crippen LogP contribution is -2.42. The molecule has 1 aromatic heterocycles. The number of fused-ring (bicyclic) bond motifs is 1. The van der Waals surface area contributed by atoms with Crippen LogP contribution in [0.5, 0.6) is 5.75 Å². The van der Waals surface area contributed by atoms with Crippen molar-refractivity contribution in [1.29, 1.82) is 0 Å². The van der Waals surface area contributed by atoms with Crippen molar-refractivity contribution < 1.29 is 9.53 Å². The number of hydrogen-bond acceptors (Lipinski definition) is 5. The topological polar surface area (TPSA) is 78.9 Å². The number of aliphatic imine (C=N–C) groups is 1. The van der Waals surface area contributed by atoms with Gasteiger partial charge in [-0.15, -0.1) is 11.3 Å². The Balaban J connectivity index is 1.39. The first kappa shape index (κ1) is 20.1. The molecule has 150 valence electrons. The van der Waals surface area contributed by atoms with E-state index in [2.05, 4.69) is 27.5 Å². The predicted molar refractivity (Wildman–Crippen MR) is 113 cm³/mol. The highest BCUT2D eigenvalue weighted by Gasteiger charge is 2.24. The number of carbonyl (C=O) groups excluding carboxylic acids is 1. The van der Waals surface area contributed by atoms with Crippen LogP contribution in [0.1, 0.15) is 23.2 Å². The maximum absolute atomic E-state index is 12.2. The number of nitrogens with zero attached hydrogens (tertiary/aromatic N) is 3. The molecule has 7 nitrogen and oxygen atoms in total. The molecule has 2 aromatic rings. The Hall–Kier alpha value is -2.61. The van der Waals surface area contributed by atoms with E-state index < -0.39 is 0 Å². The van der Waals surface area contributed by atoms with Gasteiger partial charge in [-0.25, -0.2) is 4.98 Å². The van der Waals surface area contributed by atoms with Crippen molar-refractivity contribution in [2.75, 3.05) is 38.2 Å². The number of carbonyl (C=O) groups is 1. The molecule has 0 atom stereocenters. The van der Waals surface area contributed by atoms with Gasteiger partial charge in [0.05, 0.1) is 10.7 Å². The lowest BCUT2D eigenvalue weighted by atomic mass is 10.2. The predicted octanol–water partition coefficient (Wildman–Crippen LogP) is 2.23. The second-order valence-electron chi connectivity index (χ2n) is 6.40. The largest absolute Gasteiger partial charge is 0.482 e. The molecule has 3 rings (SSSR count). The Morgan fingerprint density at radius 3 is 2.93 bits per heavy atom. The molecule has 0 aliphatic carbocycles. The normalized spacial score (nSPS) is 13.9. The Kier molecular flexibility index (Phi) is 7.25. The fraction of sp³-hybridized carbons (Fsp3) is 0.450. The van der Waals surface area contributed by atoms with E-state index in [0.717, 1.165) is 54.8 Å². The highest BCUT2D eigenvalue weighted by atomic mass is 32.1. The van der Waals surface area contributed by atoms with E-state index in [1.165, 1.54) is 4.88 Å². The molecule has 0 spiro atoms. The Labute approximate surface area is 169 Å². The number of amides is 1. The van der Waals surface area contributed by atoms with Crippen molar-refractivity contribution in [2.24, 2.45) is 4.99 Å². The molecular weight excluding hydrogens is 374 g/mol. The molecule has 0 fully saturated rings. The Morgan fingerprint density at radius 2 is 2.14 bits per heavy atom. The monoisotopic (exact) mass is 401 g/mol. The third-order valence-electron chi connectivity index (χ3n) is 4.46. The number of anilines is 1. The zero-order valence-corrected chi connectivity index (χ0v) is 17.2. The van der Waals surface area contributed by atoms with Crippen molar-refractivity contribution in [3.05, 3.63) is 40.3 Å². The molecule has 8 heteroatoms. The third kappa shape index (κ3) is 5.22. The van der Waals surface area contributed by atoms with Crippen LogP contribution in [0.25, 0.3) is 0 Å². The van der Waals surface area contributed by atoms with Crippen LogP contribution < -0.4 is 20.3 Å². The summed E-state index contributed by atoms with van der Waals surface area (Å²) < 4.78 is 5.48. The highest BCUT2D eigenvalue weighted by molar-refractivity contribution is 7.11. The molecular formula is C20H27N5O2S. The average Bonchev–Trinajstić information content (AvgIpc) is 3.19. The van der Waals surface area contributed by atoms with Crippen LogP contribution in [0.4, 0.5) is 5.69 Å². The second kappa shape index (κ2) is 10.1. The lowest BCUT2D eigenvalue weighted by Gasteiger charge is -2.29. The molecule has 28 heavy (non-hydrogen) atoms. The number of nitrogens with one attached hydrogen (secondary N) is 2. The zero-order valence-electron chi connectivity index (χ0n) is 16.4. The van der Waals surface area contributed by atoms with E-state index in [1.54, 1.807) is 23.3 Å². The molecule has 2 heterocycles. The average molecular weight is 402 g/mol. The Morgan fingerprint density at radius 1 is 1.32 bits per heavy atom. The van der Waals surface area contributed by atoms with Crippen molar-refractivity contribution >= 4 is 28.9 Å². The van der Waals surface area contributed by atoms with Gasteiger partial charge in [-0.3, -0.25) is 9.79 Å². The first-order valence-corrected chi connectivity index (χ1v) is 10.4. The minimum absolute atomic E-state index is 0.00361. The van der Waals surface area contributed by atoms with E-state index in [-0.39, 0.29) is 12.5 Å². The quantitative estimate of drug-likeness (QED) is 0.403. The zero-order chi connectivity index (χ0) is 19.8. The van der Waals surface area contributed by atoms with Gasteiger partial charge in [0.1, 0.15) is 5.75 Å². The molecule has 1 aliphatic rings. The second-order valence-corrected chi connectivity index (χ2v) is 7.60. The summed E-state index contributed by atoms with van der Waals surface area (Å²) in [5.74, 6) is 1.53. The van der Waals surface area contributed by atoms with Crippen LogP contribution in [0.15, 0.2) is 35.5 Å². The van der Waals surface area contributed by atoms with Gasteiger partial charge in [0, 0.05) is 44.2 Å². The van der Waals surface area contributed by atoms with Crippen molar-refractivity contribution in [3.8, 4) is 5.75 Å². The highest BCUT2D eigenvalue weighted by Crippen LogP contribution is 2.31. The molecule has 0 unspecified atom stereocenters. The summed E-state index contributed by atoms with van der Waals surface area (Å²) in [4.78, 5) is 24.0. The van der Waals surface area contributed by atoms with E-state index in [9.17, 15) is 4.79 Å². The standard InChI is InChI=1S/C20H27N5O2S/c1-3-15-13-24-18(28-15)9-11-23-20(21-2)22-10-6-12-25-16-7-4-5-8-17(16)27-14-19(25)26/h4-5,7-8,13H,3,6,9-12,14H2,1-2H3,(H2,21,22,23). The van der Waals surface area contributed by atoms with Gasteiger partial charge in [0.25, 0.3) is 5.91 Å². The van der Waals surface area contributed by atoms with Gasteiger partial charge >= 0.3 is 0 Å². The van der Waals surface area contributed by atoms with Crippen LogP contribution in [-0.2, 0) is 17.6 Å². The van der Waals surface area contributed by atoms with E-state index in [4.69, 9.17) is 4.74 Å². The first-order chi connectivity index (χ1) is 13.7. The third-order valence-corrected chi connectivity index (χ3v) is 5.67. The summed E-state index contributed by atoms with van der Waals surface area (Å²) in [6.07, 6.45) is 4.68. The smallest absolute Gasteiger partial charge is 0.265 e. The number of rotatable bonds is 8. The minimum atomic E-state index is -0.00361. The van der Waals surface area contributed by atoms with Gasteiger partial charge in [0.15, 0.2) is 12.6 Å². The lowest BCUT2D eigenvalue weighted by molar-refractivity contribution is -0.121. The van der Waals surface area contributed by atoms with Crippen LogP contribution in [0.3, 0.4) is 0 Å². The number of aromatic nitrogens is 1. The van der Waals surface area contributed by atoms with E-state index >= 15 is 0 Å². The van der Waals surface area contributed by atoms with Crippen LogP contribution in [-0.4, -0.2) is 50.1 Å². The van der Waals surface area contributed by atoms with Gasteiger partial charge in [-0.2, -0.15) is 0 Å². The summed E-state index contributed by atoms with van der Waals surface area (Å²) in [5, 5.41) is 7.76. The first-order valence-electron chi connectivity index (χ1n) is 9.61. The van der Waals surface area contributed by atoms with Gasteiger partial charge < -0.3 is 20.3 Å². The molecule has 2 N–H and O–H groups in total. The number of thiazole rings is 1. The number of hydrogen-bond donors (Lipinski definition) is 2. The summed E-state index contributed by atoms with van der Waals surface area (Å²) >= 11 is 1.77. The summed E-state index contributed by atoms with van der Waals surface area (Å²) in [7, 11) is 1.76. The van der Waals surface area contributed by atoms with E-state index in [0.29, 0.717) is 6.54 Å². The minimum Gasteiger partial charge on any atom is -0.482 e. The van der Waals surface area contributed by atoms with Crippen molar-refractivity contribution in [3.63, 3.8) is 0 Å². The summed E-state index contributed by atoms with van der Waals surface area (Å²) in [5.41, 5.74) is 0.844. The fourth-order valence-electron chi connectivity index (χ4n) is 2.98. The van der Waals surface area contributed by atoms with Gasteiger partial charge in [-0.1, -0.05) is 19.1 Å². The molecule has 1 amide bonds. The van der Waals surface area contributed by atoms with Crippen LogP contribution in [0, 0.1) is 0 Å². The number of aryl methyl sites for hydroxylation is 1. The molecule has 1 aliphatic heterocycles. The van der Waals surface area contributed by atoms with Crippen LogP contribution >= 0.6 is 11.3 Å². The summed E-state index contributed by atoms with van der Waals surface area (Å²) in [6, 6.07) is 7.65. The number of para-hydroxylation sites is 2. The van der Waals surface area contributed by atoms with Gasteiger partial charge in [0.2, 0.25) is 0 Å². The van der Waals surface area contributed by atoms with E-state index in [1.807, 2.05) is 30.5 Å².